The fraction of sp³-hybridized carbons (Fsp3) is 0.647. The van der Waals surface area contributed by atoms with Crippen molar-refractivity contribution in [1.29, 1.82) is 0 Å². The van der Waals surface area contributed by atoms with Gasteiger partial charge in [-0.25, -0.2) is 0 Å². The standard InChI is InChI=1S/C17H26N2O/c1-13-5-6-16(17(20)11-13)14(2)19-10-7-15(12-19)18-8-3-4-9-18/h5-6,11,14-15,20H,3-4,7-10,12H2,1-2H3. The molecule has 0 spiro atoms. The van der Waals surface area contributed by atoms with Gasteiger partial charge in [0, 0.05) is 30.7 Å². The van der Waals surface area contributed by atoms with Crippen molar-refractivity contribution in [3.05, 3.63) is 29.3 Å². The van der Waals surface area contributed by atoms with E-state index in [-0.39, 0.29) is 0 Å². The van der Waals surface area contributed by atoms with Gasteiger partial charge in [0.05, 0.1) is 0 Å². The van der Waals surface area contributed by atoms with Crippen LogP contribution in [0.5, 0.6) is 5.75 Å². The molecule has 2 fully saturated rings. The number of aromatic hydroxyl groups is 1. The lowest BCUT2D eigenvalue weighted by atomic mass is 10.0. The molecule has 2 unspecified atom stereocenters. The number of phenols is 1. The van der Waals surface area contributed by atoms with Crippen molar-refractivity contribution in [2.45, 2.75) is 45.2 Å². The minimum atomic E-state index is 0.309. The van der Waals surface area contributed by atoms with Gasteiger partial charge in [-0.15, -0.1) is 0 Å². The molecule has 3 rings (SSSR count). The molecule has 0 amide bonds. The van der Waals surface area contributed by atoms with Gasteiger partial charge in [0.15, 0.2) is 0 Å². The van der Waals surface area contributed by atoms with Gasteiger partial charge < -0.3 is 5.11 Å². The molecule has 0 radical (unpaired) electrons. The van der Waals surface area contributed by atoms with E-state index in [1.165, 1.54) is 32.4 Å². The highest BCUT2D eigenvalue weighted by Crippen LogP contribution is 2.32. The van der Waals surface area contributed by atoms with Gasteiger partial charge in [-0.3, -0.25) is 9.80 Å². The topological polar surface area (TPSA) is 26.7 Å². The van der Waals surface area contributed by atoms with Crippen LogP contribution in [0, 0.1) is 6.92 Å². The largest absolute Gasteiger partial charge is 0.508 e. The van der Waals surface area contributed by atoms with Crippen molar-refractivity contribution in [2.24, 2.45) is 0 Å². The molecule has 2 atom stereocenters. The molecule has 3 nitrogen and oxygen atoms in total. The van der Waals surface area contributed by atoms with Gasteiger partial charge in [0.1, 0.15) is 5.75 Å². The number of benzene rings is 1. The molecule has 1 aromatic carbocycles. The molecule has 3 heteroatoms. The number of hydrogen-bond donors (Lipinski definition) is 1. The molecule has 0 saturated carbocycles. The number of phenolic OH excluding ortho intramolecular Hbond substituents is 1. The molecular weight excluding hydrogens is 248 g/mol. The minimum absolute atomic E-state index is 0.309. The summed E-state index contributed by atoms with van der Waals surface area (Å²) in [7, 11) is 0. The van der Waals surface area contributed by atoms with Gasteiger partial charge in [-0.2, -0.15) is 0 Å². The monoisotopic (exact) mass is 274 g/mol. The molecule has 2 heterocycles. The first-order chi connectivity index (χ1) is 9.65. The Kier molecular flexibility index (Phi) is 3.99. The second-order valence-electron chi connectivity index (χ2n) is 6.42. The molecule has 0 aliphatic carbocycles. The third-order valence-corrected chi connectivity index (χ3v) is 5.04. The van der Waals surface area contributed by atoms with E-state index < -0.39 is 0 Å². The average Bonchev–Trinajstić information content (AvgIpc) is 3.09. The van der Waals surface area contributed by atoms with Crippen LogP contribution in [0.25, 0.3) is 0 Å². The van der Waals surface area contributed by atoms with Crippen LogP contribution in [0.3, 0.4) is 0 Å². The van der Waals surface area contributed by atoms with Gasteiger partial charge in [0.2, 0.25) is 0 Å². The van der Waals surface area contributed by atoms with Crippen LogP contribution in [0.1, 0.15) is 43.4 Å². The Bertz CT molecular complexity index is 468. The third kappa shape index (κ3) is 2.70. The molecule has 110 valence electrons. The van der Waals surface area contributed by atoms with Crippen LogP contribution in [0.15, 0.2) is 18.2 Å². The van der Waals surface area contributed by atoms with Crippen LogP contribution in [0.4, 0.5) is 0 Å². The van der Waals surface area contributed by atoms with Crippen LogP contribution < -0.4 is 0 Å². The fourth-order valence-electron chi connectivity index (χ4n) is 3.73. The number of rotatable bonds is 3. The molecule has 1 aromatic rings. The van der Waals surface area contributed by atoms with Crippen LogP contribution in [0.2, 0.25) is 0 Å². The molecule has 2 aliphatic heterocycles. The normalized spacial score (nSPS) is 26.2. The first kappa shape index (κ1) is 13.9. The molecular formula is C17H26N2O. The lowest BCUT2D eigenvalue weighted by Crippen LogP contribution is -2.35. The van der Waals surface area contributed by atoms with Crippen LogP contribution >= 0.6 is 0 Å². The highest BCUT2D eigenvalue weighted by molar-refractivity contribution is 5.38. The molecule has 2 saturated heterocycles. The lowest BCUT2D eigenvalue weighted by molar-refractivity contribution is 0.206. The first-order valence-electron chi connectivity index (χ1n) is 7.93. The van der Waals surface area contributed by atoms with Gasteiger partial charge >= 0.3 is 0 Å². The fourth-order valence-corrected chi connectivity index (χ4v) is 3.73. The zero-order chi connectivity index (χ0) is 14.1. The Hall–Kier alpha value is -1.06. The minimum Gasteiger partial charge on any atom is -0.508 e. The maximum Gasteiger partial charge on any atom is 0.120 e. The van der Waals surface area contributed by atoms with Gasteiger partial charge in [-0.05, 0) is 57.8 Å². The quantitative estimate of drug-likeness (QED) is 0.918. The summed E-state index contributed by atoms with van der Waals surface area (Å²) >= 11 is 0. The maximum atomic E-state index is 10.2. The molecule has 0 bridgehead atoms. The lowest BCUT2D eigenvalue weighted by Gasteiger charge is -2.27. The maximum absolute atomic E-state index is 10.2. The van der Waals surface area contributed by atoms with E-state index in [0.717, 1.165) is 30.3 Å². The summed E-state index contributed by atoms with van der Waals surface area (Å²) in [6.45, 7) is 9.10. The summed E-state index contributed by atoms with van der Waals surface area (Å²) in [5.41, 5.74) is 2.19. The van der Waals surface area contributed by atoms with Crippen molar-refractivity contribution in [3.8, 4) is 5.75 Å². The summed E-state index contributed by atoms with van der Waals surface area (Å²) in [4.78, 5) is 5.18. The summed E-state index contributed by atoms with van der Waals surface area (Å²) in [6, 6.07) is 7.09. The summed E-state index contributed by atoms with van der Waals surface area (Å²) in [5, 5.41) is 10.2. The van der Waals surface area contributed by atoms with Crippen molar-refractivity contribution >= 4 is 0 Å². The van der Waals surface area contributed by atoms with E-state index in [4.69, 9.17) is 0 Å². The number of likely N-dealkylation sites (tertiary alicyclic amines) is 2. The summed E-state index contributed by atoms with van der Waals surface area (Å²) < 4.78 is 0. The van der Waals surface area contributed by atoms with Gasteiger partial charge in [0.25, 0.3) is 0 Å². The Balaban J connectivity index is 1.67. The van der Waals surface area contributed by atoms with Crippen LogP contribution in [-0.4, -0.2) is 47.1 Å². The van der Waals surface area contributed by atoms with E-state index in [1.807, 2.05) is 13.0 Å². The SMILES string of the molecule is Cc1ccc(C(C)N2CCC(N3CCCC3)C2)c(O)c1. The highest BCUT2D eigenvalue weighted by atomic mass is 16.3. The Morgan fingerprint density at radius 3 is 2.65 bits per heavy atom. The smallest absolute Gasteiger partial charge is 0.120 e. The van der Waals surface area contributed by atoms with Crippen molar-refractivity contribution in [3.63, 3.8) is 0 Å². The second-order valence-corrected chi connectivity index (χ2v) is 6.42. The van der Waals surface area contributed by atoms with Gasteiger partial charge in [-0.1, -0.05) is 12.1 Å². The van der Waals surface area contributed by atoms with Crippen molar-refractivity contribution in [2.75, 3.05) is 26.2 Å². The van der Waals surface area contributed by atoms with Crippen LogP contribution in [-0.2, 0) is 0 Å². The molecule has 20 heavy (non-hydrogen) atoms. The summed E-state index contributed by atoms with van der Waals surface area (Å²) in [5.74, 6) is 0.446. The van der Waals surface area contributed by atoms with E-state index in [9.17, 15) is 5.11 Å². The number of nitrogens with zero attached hydrogens (tertiary/aromatic N) is 2. The zero-order valence-corrected chi connectivity index (χ0v) is 12.7. The van der Waals surface area contributed by atoms with E-state index in [0.29, 0.717) is 11.8 Å². The van der Waals surface area contributed by atoms with E-state index in [2.05, 4.69) is 28.9 Å². The zero-order valence-electron chi connectivity index (χ0n) is 12.7. The first-order valence-corrected chi connectivity index (χ1v) is 7.93. The van der Waals surface area contributed by atoms with E-state index >= 15 is 0 Å². The molecule has 2 aliphatic rings. The van der Waals surface area contributed by atoms with E-state index in [1.54, 1.807) is 0 Å². The Labute approximate surface area is 122 Å². The second kappa shape index (κ2) is 5.74. The predicted octanol–water partition coefficient (Wildman–Crippen LogP) is 2.93. The Morgan fingerprint density at radius 2 is 1.95 bits per heavy atom. The highest BCUT2D eigenvalue weighted by Gasteiger charge is 2.32. The number of aryl methyl sites for hydroxylation is 1. The average molecular weight is 274 g/mol. The molecule has 0 aromatic heterocycles. The third-order valence-electron chi connectivity index (χ3n) is 5.04. The van der Waals surface area contributed by atoms with Crippen molar-refractivity contribution in [1.82, 2.24) is 9.80 Å². The molecule has 1 N–H and O–H groups in total. The number of hydrogen-bond acceptors (Lipinski definition) is 3. The Morgan fingerprint density at radius 1 is 1.20 bits per heavy atom. The van der Waals surface area contributed by atoms with Crippen molar-refractivity contribution < 1.29 is 5.11 Å². The predicted molar refractivity (Wildman–Crippen MR) is 82.0 cm³/mol. The summed E-state index contributed by atoms with van der Waals surface area (Å²) in [6.07, 6.45) is 4.01.